The van der Waals surface area contributed by atoms with E-state index in [-0.39, 0.29) is 5.91 Å². The predicted molar refractivity (Wildman–Crippen MR) is 99.6 cm³/mol. The number of hydrogen-bond acceptors (Lipinski definition) is 1. The number of benzene rings is 3. The first-order chi connectivity index (χ1) is 11.6. The van der Waals surface area contributed by atoms with Gasteiger partial charge in [0, 0.05) is 11.3 Å². The smallest absolute Gasteiger partial charge is 0.255 e. The molecule has 0 saturated carbocycles. The van der Waals surface area contributed by atoms with Gasteiger partial charge in [-0.15, -0.1) is 0 Å². The molecule has 0 saturated heterocycles. The molecular weight excluding hydrogens is 294 g/mol. The van der Waals surface area contributed by atoms with Gasteiger partial charge in [-0.3, -0.25) is 4.79 Å². The third kappa shape index (κ3) is 3.72. The standard InChI is InChI=1S/C22H21NO/c1-16-12-13-21(17(2)14-16)23-22(24)20-11-7-6-10-19(20)15-18-8-4-3-5-9-18/h3-14H,15H2,1-2H3,(H,23,24). The minimum Gasteiger partial charge on any atom is -0.322 e. The number of rotatable bonds is 4. The second-order valence-corrected chi connectivity index (χ2v) is 6.09. The lowest BCUT2D eigenvalue weighted by Gasteiger charge is -2.12. The number of carbonyl (C=O) groups excluding carboxylic acids is 1. The SMILES string of the molecule is Cc1ccc(NC(=O)c2ccccc2Cc2ccccc2)c(C)c1. The van der Waals surface area contributed by atoms with Gasteiger partial charge < -0.3 is 5.32 Å². The van der Waals surface area contributed by atoms with Gasteiger partial charge >= 0.3 is 0 Å². The van der Waals surface area contributed by atoms with E-state index in [4.69, 9.17) is 0 Å². The molecule has 0 aliphatic rings. The van der Waals surface area contributed by atoms with E-state index in [0.29, 0.717) is 0 Å². The maximum atomic E-state index is 12.8. The lowest BCUT2D eigenvalue weighted by Crippen LogP contribution is -2.15. The molecule has 2 nitrogen and oxygen atoms in total. The molecule has 0 aliphatic heterocycles. The molecule has 0 radical (unpaired) electrons. The summed E-state index contributed by atoms with van der Waals surface area (Å²) in [5.74, 6) is -0.0616. The summed E-state index contributed by atoms with van der Waals surface area (Å²) in [6.07, 6.45) is 0.747. The maximum Gasteiger partial charge on any atom is 0.255 e. The fourth-order valence-electron chi connectivity index (χ4n) is 2.86. The number of nitrogens with one attached hydrogen (secondary N) is 1. The maximum absolute atomic E-state index is 12.8. The third-order valence-electron chi connectivity index (χ3n) is 4.13. The Hall–Kier alpha value is -2.87. The second-order valence-electron chi connectivity index (χ2n) is 6.09. The molecular formula is C22H21NO. The van der Waals surface area contributed by atoms with Gasteiger partial charge in [-0.25, -0.2) is 0 Å². The van der Waals surface area contributed by atoms with Crippen LogP contribution in [0.5, 0.6) is 0 Å². The normalized spacial score (nSPS) is 10.4. The van der Waals surface area contributed by atoms with Gasteiger partial charge in [0.2, 0.25) is 0 Å². The summed E-state index contributed by atoms with van der Waals surface area (Å²) >= 11 is 0. The van der Waals surface area contributed by atoms with Crippen molar-refractivity contribution in [3.8, 4) is 0 Å². The lowest BCUT2D eigenvalue weighted by atomic mass is 9.99. The number of hydrogen-bond donors (Lipinski definition) is 1. The number of amides is 1. The van der Waals surface area contributed by atoms with E-state index < -0.39 is 0 Å². The lowest BCUT2D eigenvalue weighted by molar-refractivity contribution is 0.102. The summed E-state index contributed by atoms with van der Waals surface area (Å²) < 4.78 is 0. The third-order valence-corrected chi connectivity index (χ3v) is 4.13. The van der Waals surface area contributed by atoms with E-state index in [2.05, 4.69) is 23.5 Å². The van der Waals surface area contributed by atoms with Gasteiger partial charge in [0.15, 0.2) is 0 Å². The van der Waals surface area contributed by atoms with Crippen molar-refractivity contribution in [2.45, 2.75) is 20.3 Å². The number of aryl methyl sites for hydroxylation is 2. The zero-order valence-electron chi connectivity index (χ0n) is 14.0. The van der Waals surface area contributed by atoms with Gasteiger partial charge in [-0.2, -0.15) is 0 Å². The molecule has 2 heteroatoms. The first kappa shape index (κ1) is 16.0. The summed E-state index contributed by atoms with van der Waals surface area (Å²) in [5.41, 5.74) is 6.08. The molecule has 0 spiro atoms. The van der Waals surface area contributed by atoms with Crippen LogP contribution < -0.4 is 5.32 Å². The average Bonchev–Trinajstić information content (AvgIpc) is 2.59. The predicted octanol–water partition coefficient (Wildman–Crippen LogP) is 5.15. The zero-order valence-corrected chi connectivity index (χ0v) is 14.0. The van der Waals surface area contributed by atoms with Crippen LogP contribution in [-0.2, 0) is 6.42 Å². The second kappa shape index (κ2) is 7.14. The first-order valence-corrected chi connectivity index (χ1v) is 8.14. The summed E-state index contributed by atoms with van der Waals surface area (Å²) in [7, 11) is 0. The Labute approximate surface area is 143 Å². The average molecular weight is 315 g/mol. The first-order valence-electron chi connectivity index (χ1n) is 8.14. The Morgan fingerprint density at radius 3 is 2.33 bits per heavy atom. The molecule has 1 N–H and O–H groups in total. The highest BCUT2D eigenvalue weighted by Crippen LogP contribution is 2.19. The van der Waals surface area contributed by atoms with E-state index in [1.807, 2.05) is 68.4 Å². The fraction of sp³-hybridized carbons (Fsp3) is 0.136. The highest BCUT2D eigenvalue weighted by molar-refractivity contribution is 6.05. The van der Waals surface area contributed by atoms with Crippen molar-refractivity contribution in [1.29, 1.82) is 0 Å². The van der Waals surface area contributed by atoms with Crippen LogP contribution in [0.15, 0.2) is 72.8 Å². The van der Waals surface area contributed by atoms with Gasteiger partial charge in [-0.05, 0) is 49.1 Å². The molecule has 0 aliphatic carbocycles. The fourth-order valence-corrected chi connectivity index (χ4v) is 2.86. The molecule has 0 fully saturated rings. The Kier molecular flexibility index (Phi) is 4.76. The highest BCUT2D eigenvalue weighted by Gasteiger charge is 2.12. The molecule has 3 aromatic carbocycles. The minimum absolute atomic E-state index is 0.0616. The van der Waals surface area contributed by atoms with Crippen molar-refractivity contribution in [3.63, 3.8) is 0 Å². The van der Waals surface area contributed by atoms with Gasteiger partial charge in [0.1, 0.15) is 0 Å². The molecule has 0 heterocycles. The quantitative estimate of drug-likeness (QED) is 0.709. The molecule has 3 aromatic rings. The number of carbonyl (C=O) groups is 1. The van der Waals surface area contributed by atoms with Gasteiger partial charge in [-0.1, -0.05) is 66.2 Å². The summed E-state index contributed by atoms with van der Waals surface area (Å²) in [4.78, 5) is 12.8. The van der Waals surface area contributed by atoms with E-state index in [1.54, 1.807) is 0 Å². The topological polar surface area (TPSA) is 29.1 Å². The van der Waals surface area contributed by atoms with Gasteiger partial charge in [0.25, 0.3) is 5.91 Å². The molecule has 0 aromatic heterocycles. The van der Waals surface area contributed by atoms with E-state index in [1.165, 1.54) is 11.1 Å². The van der Waals surface area contributed by atoms with Crippen LogP contribution in [0.25, 0.3) is 0 Å². The van der Waals surface area contributed by atoms with Crippen LogP contribution in [-0.4, -0.2) is 5.91 Å². The monoisotopic (exact) mass is 315 g/mol. The Balaban J connectivity index is 1.85. The highest BCUT2D eigenvalue weighted by atomic mass is 16.1. The van der Waals surface area contributed by atoms with Crippen molar-refractivity contribution in [2.24, 2.45) is 0 Å². The summed E-state index contributed by atoms with van der Waals surface area (Å²) in [6.45, 7) is 4.06. The molecule has 0 unspecified atom stereocenters. The van der Waals surface area contributed by atoms with Crippen molar-refractivity contribution in [3.05, 3.63) is 101 Å². The van der Waals surface area contributed by atoms with Crippen LogP contribution in [0.3, 0.4) is 0 Å². The van der Waals surface area contributed by atoms with E-state index in [0.717, 1.165) is 28.8 Å². The van der Waals surface area contributed by atoms with Crippen LogP contribution in [0.2, 0.25) is 0 Å². The van der Waals surface area contributed by atoms with Gasteiger partial charge in [0.05, 0.1) is 0 Å². The Morgan fingerprint density at radius 1 is 0.875 bits per heavy atom. The molecule has 120 valence electrons. The molecule has 3 rings (SSSR count). The van der Waals surface area contributed by atoms with Crippen LogP contribution in [0.1, 0.15) is 32.6 Å². The van der Waals surface area contributed by atoms with E-state index >= 15 is 0 Å². The molecule has 0 atom stereocenters. The largest absolute Gasteiger partial charge is 0.322 e. The zero-order chi connectivity index (χ0) is 16.9. The van der Waals surface area contributed by atoms with Crippen molar-refractivity contribution in [2.75, 3.05) is 5.32 Å². The Bertz CT molecular complexity index is 853. The van der Waals surface area contributed by atoms with Crippen LogP contribution >= 0.6 is 0 Å². The van der Waals surface area contributed by atoms with Crippen molar-refractivity contribution in [1.82, 2.24) is 0 Å². The van der Waals surface area contributed by atoms with E-state index in [9.17, 15) is 4.79 Å². The van der Waals surface area contributed by atoms with Crippen molar-refractivity contribution >= 4 is 11.6 Å². The summed E-state index contributed by atoms with van der Waals surface area (Å²) in [6, 6.07) is 24.0. The molecule has 0 bridgehead atoms. The number of anilines is 1. The molecule has 24 heavy (non-hydrogen) atoms. The van der Waals surface area contributed by atoms with Crippen molar-refractivity contribution < 1.29 is 4.79 Å². The summed E-state index contributed by atoms with van der Waals surface area (Å²) in [5, 5.41) is 3.04. The van der Waals surface area contributed by atoms with Crippen LogP contribution in [0, 0.1) is 13.8 Å². The Morgan fingerprint density at radius 2 is 1.58 bits per heavy atom. The molecule has 1 amide bonds. The van der Waals surface area contributed by atoms with Crippen LogP contribution in [0.4, 0.5) is 5.69 Å². The minimum atomic E-state index is -0.0616.